The third-order valence-corrected chi connectivity index (χ3v) is 7.25. The highest BCUT2D eigenvalue weighted by Crippen LogP contribution is 2.49. The molecule has 144 valence electrons. The molecule has 2 aliphatic rings. The normalized spacial score (nSPS) is 22.5. The summed E-state index contributed by atoms with van der Waals surface area (Å²) in [7, 11) is 1.86. The van der Waals surface area contributed by atoms with E-state index in [2.05, 4.69) is 5.32 Å². The second-order valence-electron chi connectivity index (χ2n) is 7.18. The molecule has 1 atom stereocenters. The first-order chi connectivity index (χ1) is 12.3. The van der Waals surface area contributed by atoms with Crippen LogP contribution in [0.3, 0.4) is 0 Å². The zero-order valence-corrected chi connectivity index (χ0v) is 16.3. The van der Waals surface area contributed by atoms with Gasteiger partial charge in [0.25, 0.3) is 0 Å². The highest BCUT2D eigenvalue weighted by Gasteiger charge is 2.45. The minimum atomic E-state index is -3.01. The van der Waals surface area contributed by atoms with Crippen LogP contribution >= 0.6 is 0 Å². The lowest BCUT2D eigenvalue weighted by Crippen LogP contribution is -2.46. The summed E-state index contributed by atoms with van der Waals surface area (Å²) in [5, 5.41) is 2.97. The number of ether oxygens (including phenoxy) is 2. The van der Waals surface area contributed by atoms with Crippen molar-refractivity contribution >= 4 is 15.9 Å². The first kappa shape index (κ1) is 18.8. The zero-order chi connectivity index (χ0) is 18.9. The van der Waals surface area contributed by atoms with Crippen molar-refractivity contribution in [3.8, 4) is 11.5 Å². The lowest BCUT2D eigenvalue weighted by atomic mass is 9.95. The first-order valence-corrected chi connectivity index (χ1v) is 10.6. The molecule has 1 saturated carbocycles. The summed E-state index contributed by atoms with van der Waals surface area (Å²) in [6.07, 6.45) is 2.49. The minimum absolute atomic E-state index is 0.0533. The van der Waals surface area contributed by atoms with Crippen molar-refractivity contribution in [1.29, 1.82) is 0 Å². The van der Waals surface area contributed by atoms with E-state index in [9.17, 15) is 13.2 Å². The molecule has 1 N–H and O–H groups in total. The summed E-state index contributed by atoms with van der Waals surface area (Å²) in [5.41, 5.74) is 1.03. The molecule has 2 amide bonds. The molecule has 0 spiro atoms. The van der Waals surface area contributed by atoms with Gasteiger partial charge >= 0.3 is 6.03 Å². The summed E-state index contributed by atoms with van der Waals surface area (Å²) in [6, 6.07) is 5.39. The van der Waals surface area contributed by atoms with E-state index in [1.165, 1.54) is 4.90 Å². The van der Waals surface area contributed by atoms with Gasteiger partial charge in [-0.2, -0.15) is 0 Å². The fourth-order valence-electron chi connectivity index (χ4n) is 3.50. The molecule has 1 saturated heterocycles. The molecule has 26 heavy (non-hydrogen) atoms. The predicted molar refractivity (Wildman–Crippen MR) is 98.7 cm³/mol. The molecule has 1 aromatic rings. The number of rotatable bonds is 6. The van der Waals surface area contributed by atoms with Crippen LogP contribution in [0, 0.1) is 0 Å². The number of hydrogen-bond donors (Lipinski definition) is 1. The lowest BCUT2D eigenvalue weighted by Gasteiger charge is -2.25. The van der Waals surface area contributed by atoms with E-state index in [0.717, 1.165) is 18.4 Å². The number of methoxy groups -OCH3 is 2. The second kappa shape index (κ2) is 6.98. The third-order valence-electron chi connectivity index (χ3n) is 5.50. The Morgan fingerprint density at radius 3 is 2.50 bits per heavy atom. The number of urea groups is 1. The van der Waals surface area contributed by atoms with Gasteiger partial charge in [0.15, 0.2) is 21.3 Å². The Balaban J connectivity index is 1.63. The SMILES string of the molecule is COc1ccc(C2(CNC(=O)N(C)C3CCS(=O)(=O)C3)CC2)cc1OC. The molecule has 1 unspecified atom stereocenters. The van der Waals surface area contributed by atoms with Gasteiger partial charge in [0, 0.05) is 25.0 Å². The van der Waals surface area contributed by atoms with Gasteiger partial charge in [-0.1, -0.05) is 6.07 Å². The lowest BCUT2D eigenvalue weighted by molar-refractivity contribution is 0.194. The van der Waals surface area contributed by atoms with E-state index in [1.807, 2.05) is 18.2 Å². The van der Waals surface area contributed by atoms with Crippen molar-refractivity contribution in [3.05, 3.63) is 23.8 Å². The van der Waals surface area contributed by atoms with Crippen molar-refractivity contribution in [3.63, 3.8) is 0 Å². The minimum Gasteiger partial charge on any atom is -0.493 e. The van der Waals surface area contributed by atoms with Gasteiger partial charge in [-0.25, -0.2) is 13.2 Å². The van der Waals surface area contributed by atoms with E-state index in [1.54, 1.807) is 21.3 Å². The molecule has 3 rings (SSSR count). The topological polar surface area (TPSA) is 84.9 Å². The molecule has 1 aliphatic carbocycles. The quantitative estimate of drug-likeness (QED) is 0.807. The van der Waals surface area contributed by atoms with Crippen LogP contribution in [0.4, 0.5) is 4.79 Å². The number of carbonyl (C=O) groups is 1. The van der Waals surface area contributed by atoms with Crippen LogP contribution in [0.2, 0.25) is 0 Å². The molecule has 7 nitrogen and oxygen atoms in total. The van der Waals surface area contributed by atoms with Gasteiger partial charge < -0.3 is 19.7 Å². The Bertz CT molecular complexity index is 789. The molecule has 0 radical (unpaired) electrons. The van der Waals surface area contributed by atoms with Gasteiger partial charge in [-0.05, 0) is 37.0 Å². The number of hydrogen-bond acceptors (Lipinski definition) is 5. The Morgan fingerprint density at radius 1 is 1.27 bits per heavy atom. The smallest absolute Gasteiger partial charge is 0.317 e. The summed E-state index contributed by atoms with van der Waals surface area (Å²) < 4.78 is 33.9. The number of benzene rings is 1. The fraction of sp³-hybridized carbons (Fsp3) is 0.611. The number of nitrogens with zero attached hydrogens (tertiary/aromatic N) is 1. The van der Waals surface area contributed by atoms with Crippen LogP contribution in [-0.4, -0.2) is 64.7 Å². The second-order valence-corrected chi connectivity index (χ2v) is 9.41. The molecular weight excluding hydrogens is 356 g/mol. The van der Waals surface area contributed by atoms with Crippen LogP contribution in [0.25, 0.3) is 0 Å². The molecule has 2 fully saturated rings. The number of nitrogens with one attached hydrogen (secondary N) is 1. The molecule has 1 aromatic carbocycles. The highest BCUT2D eigenvalue weighted by atomic mass is 32.2. The summed E-state index contributed by atoms with van der Waals surface area (Å²) in [5.74, 6) is 1.57. The Labute approximate surface area is 154 Å². The van der Waals surface area contributed by atoms with Gasteiger partial charge in [0.05, 0.1) is 25.7 Å². The van der Waals surface area contributed by atoms with E-state index in [0.29, 0.717) is 24.5 Å². The highest BCUT2D eigenvalue weighted by molar-refractivity contribution is 7.91. The van der Waals surface area contributed by atoms with Crippen LogP contribution in [0.15, 0.2) is 18.2 Å². The van der Waals surface area contributed by atoms with Crippen LogP contribution in [0.1, 0.15) is 24.8 Å². The number of carbonyl (C=O) groups excluding carboxylic acids is 1. The van der Waals surface area contributed by atoms with E-state index in [-0.39, 0.29) is 29.0 Å². The van der Waals surface area contributed by atoms with E-state index in [4.69, 9.17) is 9.47 Å². The van der Waals surface area contributed by atoms with Crippen molar-refractivity contribution in [2.75, 3.05) is 39.3 Å². The Morgan fingerprint density at radius 2 is 1.96 bits per heavy atom. The molecular formula is C18H26N2O5S. The van der Waals surface area contributed by atoms with Crippen LogP contribution in [0.5, 0.6) is 11.5 Å². The summed E-state index contributed by atoms with van der Waals surface area (Å²) in [6.45, 7) is 0.519. The average molecular weight is 382 g/mol. The van der Waals surface area contributed by atoms with Gasteiger partial charge in [-0.3, -0.25) is 0 Å². The molecule has 0 bridgehead atoms. The van der Waals surface area contributed by atoms with Gasteiger partial charge in [0.2, 0.25) is 0 Å². The van der Waals surface area contributed by atoms with Crippen LogP contribution < -0.4 is 14.8 Å². The molecule has 1 aliphatic heterocycles. The monoisotopic (exact) mass is 382 g/mol. The summed E-state index contributed by atoms with van der Waals surface area (Å²) in [4.78, 5) is 14.0. The molecule has 0 aromatic heterocycles. The summed E-state index contributed by atoms with van der Waals surface area (Å²) >= 11 is 0. The molecule has 8 heteroatoms. The van der Waals surface area contributed by atoms with Crippen molar-refractivity contribution < 1.29 is 22.7 Å². The zero-order valence-electron chi connectivity index (χ0n) is 15.4. The predicted octanol–water partition coefficient (Wildman–Crippen LogP) is 1.56. The maximum Gasteiger partial charge on any atom is 0.317 e. The van der Waals surface area contributed by atoms with Gasteiger partial charge in [0.1, 0.15) is 0 Å². The largest absolute Gasteiger partial charge is 0.493 e. The van der Waals surface area contributed by atoms with E-state index < -0.39 is 9.84 Å². The Kier molecular flexibility index (Phi) is 5.05. The first-order valence-electron chi connectivity index (χ1n) is 8.74. The number of amides is 2. The maximum atomic E-state index is 12.4. The maximum absolute atomic E-state index is 12.4. The van der Waals surface area contributed by atoms with Crippen molar-refractivity contribution in [1.82, 2.24) is 10.2 Å². The average Bonchev–Trinajstić information content (AvgIpc) is 3.34. The fourth-order valence-corrected chi connectivity index (χ4v) is 5.28. The third kappa shape index (κ3) is 3.75. The van der Waals surface area contributed by atoms with Crippen molar-refractivity contribution in [2.24, 2.45) is 0 Å². The van der Waals surface area contributed by atoms with Crippen molar-refractivity contribution in [2.45, 2.75) is 30.7 Å². The van der Waals surface area contributed by atoms with E-state index >= 15 is 0 Å². The standard InChI is InChI=1S/C18H26N2O5S/c1-20(14-6-9-26(22,23)11-14)17(21)19-12-18(7-8-18)13-4-5-15(24-2)16(10-13)25-3/h4-5,10,14H,6-9,11-12H2,1-3H3,(H,19,21). The van der Waals surface area contributed by atoms with Gasteiger partial charge in [-0.15, -0.1) is 0 Å². The Hall–Kier alpha value is -1.96. The molecule has 1 heterocycles. The van der Waals surface area contributed by atoms with Crippen LogP contribution in [-0.2, 0) is 15.3 Å². The number of sulfone groups is 1.